The highest BCUT2D eigenvalue weighted by Crippen LogP contribution is 2.11. The summed E-state index contributed by atoms with van der Waals surface area (Å²) < 4.78 is 0. The number of carbonyl (C=O) groups excluding carboxylic acids is 1. The number of nitrogens with one attached hydrogen (secondary N) is 2. The zero-order chi connectivity index (χ0) is 16.7. The normalized spacial score (nSPS) is 14.2. The van der Waals surface area contributed by atoms with Gasteiger partial charge in [0.2, 0.25) is 6.04 Å². The third-order valence-electron chi connectivity index (χ3n) is 3.27. The molecule has 0 bridgehead atoms. The Bertz CT molecular complexity index is 581. The molecule has 1 aromatic rings. The van der Waals surface area contributed by atoms with Gasteiger partial charge in [-0.2, -0.15) is 4.91 Å². The molecule has 2 atom stereocenters. The van der Waals surface area contributed by atoms with Crippen LogP contribution in [0.4, 0.5) is 0 Å². The van der Waals surface area contributed by atoms with Crippen LogP contribution in [0.1, 0.15) is 36.5 Å². The van der Waals surface area contributed by atoms with E-state index in [4.69, 9.17) is 0 Å². The molecule has 9 heteroatoms. The summed E-state index contributed by atoms with van der Waals surface area (Å²) in [5.41, 5.74) is 1.30. The van der Waals surface area contributed by atoms with Crippen molar-refractivity contribution in [1.29, 1.82) is 0 Å². The first kappa shape index (κ1) is 17.5. The number of hydrogen-bond acceptors (Lipinski definition) is 6. The Morgan fingerprint density at radius 1 is 1.64 bits per heavy atom. The summed E-state index contributed by atoms with van der Waals surface area (Å²) in [4.78, 5) is 39.8. The van der Waals surface area contributed by atoms with Gasteiger partial charge in [0.05, 0.1) is 6.33 Å². The average molecular weight is 309 g/mol. The quantitative estimate of drug-likeness (QED) is 0.326. The molecule has 2 unspecified atom stereocenters. The van der Waals surface area contributed by atoms with Crippen LogP contribution in [0, 0.1) is 21.9 Å². The maximum Gasteiger partial charge on any atom is 0.271 e. The zero-order valence-electron chi connectivity index (χ0n) is 12.7. The number of rotatable bonds is 8. The fraction of sp³-hybridized carbons (Fsp3) is 0.538. The van der Waals surface area contributed by atoms with E-state index in [1.807, 2.05) is 0 Å². The van der Waals surface area contributed by atoms with Crippen molar-refractivity contribution >= 4 is 5.91 Å². The first-order chi connectivity index (χ1) is 10.4. The number of aryl methyl sites for hydroxylation is 1. The van der Waals surface area contributed by atoms with E-state index in [1.165, 1.54) is 12.4 Å². The van der Waals surface area contributed by atoms with E-state index in [9.17, 15) is 19.8 Å². The average Bonchev–Trinajstić information content (AvgIpc) is 2.89. The van der Waals surface area contributed by atoms with E-state index in [-0.39, 0.29) is 12.2 Å². The van der Waals surface area contributed by atoms with Gasteiger partial charge in [0.15, 0.2) is 0 Å². The second kappa shape index (κ2) is 8.01. The minimum atomic E-state index is -0.864. The number of nitro groups is 1. The highest BCUT2D eigenvalue weighted by molar-refractivity contribution is 5.93. The Hall–Kier alpha value is -2.58. The van der Waals surface area contributed by atoms with Crippen LogP contribution in [-0.4, -0.2) is 39.4 Å². The maximum atomic E-state index is 11.9. The summed E-state index contributed by atoms with van der Waals surface area (Å²) in [6.07, 6.45) is 3.13. The minimum absolute atomic E-state index is 0.0415. The molecule has 2 N–H and O–H groups in total. The molecule has 1 heterocycles. The number of aromatic nitrogens is 2. The molecule has 22 heavy (non-hydrogen) atoms. The van der Waals surface area contributed by atoms with E-state index in [1.54, 1.807) is 20.8 Å². The molecule has 1 aromatic heterocycles. The maximum absolute atomic E-state index is 11.9. The molecular formula is C13H19N5O4. The van der Waals surface area contributed by atoms with Crippen LogP contribution in [0.25, 0.3) is 0 Å². The van der Waals surface area contributed by atoms with Crippen molar-refractivity contribution in [2.24, 2.45) is 5.18 Å². The summed E-state index contributed by atoms with van der Waals surface area (Å²) in [6.45, 7) is 4.93. The van der Waals surface area contributed by atoms with Crippen molar-refractivity contribution < 1.29 is 9.72 Å². The van der Waals surface area contributed by atoms with E-state index in [0.29, 0.717) is 17.7 Å². The molecule has 0 saturated carbocycles. The van der Waals surface area contributed by atoms with Gasteiger partial charge in [-0.1, -0.05) is 12.1 Å². The second-order valence-electron chi connectivity index (χ2n) is 4.88. The lowest BCUT2D eigenvalue weighted by Crippen LogP contribution is -2.31. The third-order valence-corrected chi connectivity index (χ3v) is 3.27. The summed E-state index contributed by atoms with van der Waals surface area (Å²) in [7, 11) is 0. The number of H-pyrrole nitrogens is 1. The summed E-state index contributed by atoms with van der Waals surface area (Å²) in [5.74, 6) is -0.431. The Morgan fingerprint density at radius 2 is 2.32 bits per heavy atom. The van der Waals surface area contributed by atoms with Crippen LogP contribution < -0.4 is 5.32 Å². The van der Waals surface area contributed by atoms with Crippen molar-refractivity contribution in [1.82, 2.24) is 15.3 Å². The predicted molar refractivity (Wildman–Crippen MR) is 80.1 cm³/mol. The van der Waals surface area contributed by atoms with E-state index in [2.05, 4.69) is 20.5 Å². The molecule has 0 aliphatic rings. The molecule has 0 spiro atoms. The van der Waals surface area contributed by atoms with E-state index in [0.717, 1.165) is 0 Å². The smallest absolute Gasteiger partial charge is 0.271 e. The molecule has 9 nitrogen and oxygen atoms in total. The largest absolute Gasteiger partial charge is 0.348 e. The number of nitroso groups, excluding NO2 is 1. The van der Waals surface area contributed by atoms with Crippen molar-refractivity contribution in [3.8, 4) is 0 Å². The Labute approximate surface area is 127 Å². The summed E-state index contributed by atoms with van der Waals surface area (Å²) in [5, 5.41) is 16.3. The Morgan fingerprint density at radius 3 is 2.77 bits per heavy atom. The number of amides is 1. The molecule has 1 amide bonds. The van der Waals surface area contributed by atoms with Crippen LogP contribution in [0.15, 0.2) is 23.2 Å². The first-order valence-corrected chi connectivity index (χ1v) is 6.83. The van der Waals surface area contributed by atoms with Gasteiger partial charge in [-0.05, 0) is 25.5 Å². The second-order valence-corrected chi connectivity index (χ2v) is 4.88. The standard InChI is InChI=1S/C13H19N5O4/c1-4-11(18(21)22)8(2)5-10(17-20)6-14-13(19)12-9(3)15-7-16-12/h5,7,10-11H,4,6H2,1-3H3,(H,14,19)(H,15,16). The van der Waals surface area contributed by atoms with Crippen molar-refractivity contribution in [3.05, 3.63) is 44.4 Å². The fourth-order valence-electron chi connectivity index (χ4n) is 2.05. The van der Waals surface area contributed by atoms with Crippen molar-refractivity contribution in [3.63, 3.8) is 0 Å². The molecular weight excluding hydrogens is 290 g/mol. The van der Waals surface area contributed by atoms with Gasteiger partial charge in [0.1, 0.15) is 11.7 Å². The van der Waals surface area contributed by atoms with Gasteiger partial charge in [-0.3, -0.25) is 14.9 Å². The number of aromatic amines is 1. The molecule has 0 aliphatic heterocycles. The topological polar surface area (TPSA) is 130 Å². The lowest BCUT2D eigenvalue weighted by molar-refractivity contribution is -0.512. The molecule has 120 valence electrons. The molecule has 0 fully saturated rings. The number of imidazole rings is 1. The molecule has 0 aliphatic carbocycles. The van der Waals surface area contributed by atoms with Gasteiger partial charge >= 0.3 is 0 Å². The minimum Gasteiger partial charge on any atom is -0.348 e. The van der Waals surface area contributed by atoms with Gasteiger partial charge in [-0.25, -0.2) is 4.98 Å². The lowest BCUT2D eigenvalue weighted by Gasteiger charge is -2.10. The molecule has 1 rings (SSSR count). The van der Waals surface area contributed by atoms with Gasteiger partial charge < -0.3 is 10.3 Å². The number of nitrogens with zero attached hydrogens (tertiary/aromatic N) is 3. The Balaban J connectivity index is 2.69. The van der Waals surface area contributed by atoms with Gasteiger partial charge in [-0.15, -0.1) is 0 Å². The van der Waals surface area contributed by atoms with Crippen molar-refractivity contribution in [2.45, 2.75) is 39.3 Å². The van der Waals surface area contributed by atoms with Crippen LogP contribution in [0.2, 0.25) is 0 Å². The summed E-state index contributed by atoms with van der Waals surface area (Å²) >= 11 is 0. The van der Waals surface area contributed by atoms with Crippen LogP contribution in [-0.2, 0) is 0 Å². The first-order valence-electron chi connectivity index (χ1n) is 6.83. The van der Waals surface area contributed by atoms with Gasteiger partial charge in [0.25, 0.3) is 5.91 Å². The van der Waals surface area contributed by atoms with Gasteiger partial charge in [0, 0.05) is 23.6 Å². The molecule has 0 aromatic carbocycles. The zero-order valence-corrected chi connectivity index (χ0v) is 12.7. The van der Waals surface area contributed by atoms with Crippen molar-refractivity contribution in [2.75, 3.05) is 6.54 Å². The molecule has 0 radical (unpaired) electrons. The monoisotopic (exact) mass is 309 g/mol. The molecule has 0 saturated heterocycles. The highest BCUT2D eigenvalue weighted by Gasteiger charge is 2.21. The van der Waals surface area contributed by atoms with E-state index >= 15 is 0 Å². The predicted octanol–water partition coefficient (Wildman–Crippen LogP) is 1.58. The SMILES string of the molecule is CCC(C(C)=CC(CNC(=O)c1nc[nH]c1C)N=O)[N+](=O)[O-]. The fourth-order valence-corrected chi connectivity index (χ4v) is 2.05. The Kier molecular flexibility index (Phi) is 6.36. The lowest BCUT2D eigenvalue weighted by atomic mass is 10.0. The van der Waals surface area contributed by atoms with Crippen LogP contribution in [0.3, 0.4) is 0 Å². The highest BCUT2D eigenvalue weighted by atomic mass is 16.6. The van der Waals surface area contributed by atoms with Crippen LogP contribution >= 0.6 is 0 Å². The van der Waals surface area contributed by atoms with E-state index < -0.39 is 22.9 Å². The van der Waals surface area contributed by atoms with Crippen LogP contribution in [0.5, 0.6) is 0 Å². The third kappa shape index (κ3) is 4.47. The number of carbonyl (C=O) groups is 1. The number of hydrogen-bond donors (Lipinski definition) is 2. The summed E-state index contributed by atoms with van der Waals surface area (Å²) in [6, 6.07) is -1.72.